The number of carbonyl (C=O) groups excluding carboxylic acids is 2. The lowest BCUT2D eigenvalue weighted by Gasteiger charge is -2.41. The Balaban J connectivity index is 1.44. The number of fused-ring (bicyclic) bond motifs is 2. The lowest BCUT2D eigenvalue weighted by molar-refractivity contribution is 0.0996. The zero-order valence-electron chi connectivity index (χ0n) is 21.1. The minimum atomic E-state index is -3.98. The first-order valence-corrected chi connectivity index (χ1v) is 15.5. The van der Waals surface area contributed by atoms with Gasteiger partial charge in [0.05, 0.1) is 16.6 Å². The summed E-state index contributed by atoms with van der Waals surface area (Å²) in [6.07, 6.45) is 3.53. The largest absolute Gasteiger partial charge is 0.366 e. The van der Waals surface area contributed by atoms with Crippen LogP contribution in [0.3, 0.4) is 0 Å². The average molecular weight is 566 g/mol. The first-order valence-electron chi connectivity index (χ1n) is 12.9. The van der Waals surface area contributed by atoms with Gasteiger partial charge in [-0.15, -0.1) is 0 Å². The van der Waals surface area contributed by atoms with Crippen molar-refractivity contribution in [3.05, 3.63) is 89.2 Å². The number of thioether (sulfide) groups is 1. The molecule has 39 heavy (non-hydrogen) atoms. The molecule has 2 aliphatic heterocycles. The van der Waals surface area contributed by atoms with Gasteiger partial charge in [0.1, 0.15) is 5.82 Å². The van der Waals surface area contributed by atoms with E-state index in [-0.39, 0.29) is 28.3 Å². The third-order valence-corrected chi connectivity index (χ3v) is 10.9. The van der Waals surface area contributed by atoms with Gasteiger partial charge in [0.2, 0.25) is 5.91 Å². The number of rotatable bonds is 6. The molecule has 1 saturated heterocycles. The van der Waals surface area contributed by atoms with E-state index in [0.717, 1.165) is 42.8 Å². The monoisotopic (exact) mass is 565 g/mol. The predicted molar refractivity (Wildman–Crippen MR) is 150 cm³/mol. The van der Waals surface area contributed by atoms with Crippen LogP contribution in [0.1, 0.15) is 52.0 Å². The third kappa shape index (κ3) is 4.49. The van der Waals surface area contributed by atoms with Crippen molar-refractivity contribution in [2.75, 3.05) is 21.1 Å². The van der Waals surface area contributed by atoms with E-state index in [1.807, 2.05) is 17.8 Å². The molecule has 202 valence electrons. The summed E-state index contributed by atoms with van der Waals surface area (Å²) in [6.45, 7) is 0. The van der Waals surface area contributed by atoms with E-state index in [9.17, 15) is 22.4 Å². The molecular formula is C29H28FN3O4S2. The zero-order valence-corrected chi connectivity index (χ0v) is 22.7. The van der Waals surface area contributed by atoms with Crippen LogP contribution < -0.4 is 15.4 Å². The zero-order chi connectivity index (χ0) is 27.4. The normalized spacial score (nSPS) is 20.0. The van der Waals surface area contributed by atoms with Crippen molar-refractivity contribution in [2.45, 2.75) is 42.0 Å². The fraction of sp³-hybridized carbons (Fsp3) is 0.310. The lowest BCUT2D eigenvalue weighted by atomic mass is 9.70. The number of nitrogens with zero attached hydrogens (tertiary/aromatic N) is 1. The van der Waals surface area contributed by atoms with Crippen molar-refractivity contribution in [2.24, 2.45) is 11.7 Å². The molecule has 1 unspecified atom stereocenters. The summed E-state index contributed by atoms with van der Waals surface area (Å²) >= 11 is 1.86. The fourth-order valence-corrected chi connectivity index (χ4v) is 9.13. The summed E-state index contributed by atoms with van der Waals surface area (Å²) in [5, 5.41) is 2.84. The number of carbonyl (C=O) groups is 2. The van der Waals surface area contributed by atoms with Crippen LogP contribution in [0.4, 0.5) is 15.8 Å². The number of anilines is 2. The van der Waals surface area contributed by atoms with Crippen LogP contribution in [0.15, 0.2) is 71.6 Å². The van der Waals surface area contributed by atoms with Crippen molar-refractivity contribution in [1.82, 2.24) is 0 Å². The van der Waals surface area contributed by atoms with Crippen molar-refractivity contribution in [3.63, 3.8) is 0 Å². The molecule has 1 saturated carbocycles. The van der Waals surface area contributed by atoms with E-state index in [4.69, 9.17) is 5.73 Å². The Morgan fingerprint density at radius 1 is 0.974 bits per heavy atom. The summed E-state index contributed by atoms with van der Waals surface area (Å²) < 4.78 is 43.4. The Bertz CT molecular complexity index is 1570. The third-order valence-electron chi connectivity index (χ3n) is 8.08. The highest BCUT2D eigenvalue weighted by Crippen LogP contribution is 2.59. The maximum absolute atomic E-state index is 14.1. The summed E-state index contributed by atoms with van der Waals surface area (Å²) in [5.74, 6) is 0.598. The van der Waals surface area contributed by atoms with E-state index < -0.39 is 27.2 Å². The quantitative estimate of drug-likeness (QED) is 0.441. The maximum atomic E-state index is 14.1. The van der Waals surface area contributed by atoms with Gasteiger partial charge in [-0.05, 0) is 109 Å². The first-order chi connectivity index (χ1) is 18.7. The molecule has 1 spiro atoms. The number of primary amides is 1. The molecule has 1 aliphatic carbocycles. The Hall–Kier alpha value is -3.37. The molecule has 3 N–H and O–H groups in total. The van der Waals surface area contributed by atoms with Crippen LogP contribution in [0.5, 0.6) is 0 Å². The second kappa shape index (κ2) is 9.67. The smallest absolute Gasteiger partial charge is 0.264 e. The van der Waals surface area contributed by atoms with E-state index >= 15 is 0 Å². The maximum Gasteiger partial charge on any atom is 0.264 e. The molecule has 0 radical (unpaired) electrons. The van der Waals surface area contributed by atoms with Crippen molar-refractivity contribution < 1.29 is 22.4 Å². The minimum absolute atomic E-state index is 0.0545. The molecule has 3 aromatic carbocycles. The van der Waals surface area contributed by atoms with Crippen LogP contribution >= 0.6 is 11.8 Å². The van der Waals surface area contributed by atoms with Gasteiger partial charge in [-0.25, -0.2) is 12.8 Å². The van der Waals surface area contributed by atoms with Crippen LogP contribution in [0.25, 0.3) is 0 Å². The highest BCUT2D eigenvalue weighted by Gasteiger charge is 2.59. The van der Waals surface area contributed by atoms with Gasteiger partial charge >= 0.3 is 0 Å². The van der Waals surface area contributed by atoms with Gasteiger partial charge < -0.3 is 11.1 Å². The molecule has 2 fully saturated rings. The summed E-state index contributed by atoms with van der Waals surface area (Å²) in [5.41, 5.74) is 7.58. The van der Waals surface area contributed by atoms with Gasteiger partial charge in [-0.1, -0.05) is 6.07 Å². The standard InChI is InChI=1S/C29H28FN3O4S2/c30-21-7-9-23(10-8-21)39(36,37)33-25-11-6-20(28(35)32-22-3-1-2-19(16-22)27(31)34)17-24(25)29(12-14-38-15-13-29)26(33)18-4-5-18/h1-3,6-11,16-18,26H,4-5,12-15H2,(H2,31,34)(H,32,35). The molecule has 10 heteroatoms. The first kappa shape index (κ1) is 25.9. The highest BCUT2D eigenvalue weighted by molar-refractivity contribution is 7.99. The van der Waals surface area contributed by atoms with Gasteiger partial charge in [-0.3, -0.25) is 13.9 Å². The highest BCUT2D eigenvalue weighted by atomic mass is 32.2. The average Bonchev–Trinajstić information content (AvgIpc) is 3.73. The summed E-state index contributed by atoms with van der Waals surface area (Å²) in [7, 11) is -3.98. The Kier molecular flexibility index (Phi) is 6.42. The van der Waals surface area contributed by atoms with Crippen molar-refractivity contribution in [3.8, 4) is 0 Å². The van der Waals surface area contributed by atoms with Crippen LogP contribution in [-0.4, -0.2) is 37.8 Å². The van der Waals surface area contributed by atoms with Crippen LogP contribution in [0.2, 0.25) is 0 Å². The molecule has 7 nitrogen and oxygen atoms in total. The summed E-state index contributed by atoms with van der Waals surface area (Å²) in [4.78, 5) is 24.9. The summed E-state index contributed by atoms with van der Waals surface area (Å²) in [6, 6.07) is 16.4. The second-order valence-corrected chi connectivity index (χ2v) is 13.5. The predicted octanol–water partition coefficient (Wildman–Crippen LogP) is 4.93. The Morgan fingerprint density at radius 2 is 1.69 bits per heavy atom. The number of hydrogen-bond donors (Lipinski definition) is 2. The molecule has 1 atom stereocenters. The molecule has 3 aliphatic rings. The second-order valence-electron chi connectivity index (χ2n) is 10.4. The molecule has 3 aromatic rings. The number of sulfonamides is 1. The molecule has 2 amide bonds. The van der Waals surface area contributed by atoms with Gasteiger partial charge in [0.25, 0.3) is 15.9 Å². The number of halogens is 1. The number of nitrogens with two attached hydrogens (primary N) is 1. The van der Waals surface area contributed by atoms with Gasteiger partial charge in [0, 0.05) is 22.2 Å². The molecule has 0 aromatic heterocycles. The number of amides is 2. The van der Waals surface area contributed by atoms with Gasteiger partial charge in [-0.2, -0.15) is 11.8 Å². The number of benzene rings is 3. The van der Waals surface area contributed by atoms with E-state index in [2.05, 4.69) is 5.32 Å². The van der Waals surface area contributed by atoms with E-state index in [0.29, 0.717) is 16.9 Å². The number of hydrogen-bond acceptors (Lipinski definition) is 5. The van der Waals surface area contributed by atoms with E-state index in [1.54, 1.807) is 34.6 Å². The topological polar surface area (TPSA) is 110 Å². The molecule has 6 rings (SSSR count). The SMILES string of the molecule is NC(=O)c1cccc(NC(=O)c2ccc3c(c2)C2(CCSCC2)C(C2CC2)N3S(=O)(=O)c2ccc(F)cc2)c1. The van der Waals surface area contributed by atoms with Crippen molar-refractivity contribution >= 4 is 45.0 Å². The molecule has 0 bridgehead atoms. The number of nitrogens with one attached hydrogen (secondary N) is 1. The molecule has 2 heterocycles. The van der Waals surface area contributed by atoms with Gasteiger partial charge in [0.15, 0.2) is 0 Å². The van der Waals surface area contributed by atoms with E-state index in [1.165, 1.54) is 30.3 Å². The lowest BCUT2D eigenvalue weighted by Crippen LogP contribution is -2.50. The van der Waals surface area contributed by atoms with Crippen LogP contribution in [-0.2, 0) is 15.4 Å². The van der Waals surface area contributed by atoms with Crippen LogP contribution in [0, 0.1) is 11.7 Å². The Morgan fingerprint density at radius 3 is 2.36 bits per heavy atom. The fourth-order valence-electron chi connectivity index (χ4n) is 6.11. The minimum Gasteiger partial charge on any atom is -0.366 e. The molecular weight excluding hydrogens is 537 g/mol. The Labute approximate surface area is 231 Å². The van der Waals surface area contributed by atoms with Crippen molar-refractivity contribution in [1.29, 1.82) is 0 Å².